The molecule has 3 aliphatic heterocycles. The molecule has 7 nitrogen and oxygen atoms in total. The lowest BCUT2D eigenvalue weighted by Gasteiger charge is -2.44. The molecule has 1 amide bonds. The third-order valence-corrected chi connectivity index (χ3v) is 7.50. The average molecular weight is 473 g/mol. The molecule has 1 aromatic carbocycles. The minimum absolute atomic E-state index is 0.0573. The van der Waals surface area contributed by atoms with Gasteiger partial charge in [-0.2, -0.15) is 5.26 Å². The summed E-state index contributed by atoms with van der Waals surface area (Å²) in [6.07, 6.45) is 9.83. The zero-order valence-electron chi connectivity index (χ0n) is 20.6. The summed E-state index contributed by atoms with van der Waals surface area (Å²) in [4.78, 5) is 22.0. The van der Waals surface area contributed by atoms with Crippen molar-refractivity contribution in [2.45, 2.75) is 56.9 Å². The van der Waals surface area contributed by atoms with Gasteiger partial charge in [0.05, 0.1) is 36.6 Å². The molecule has 0 radical (unpaired) electrons. The zero-order chi connectivity index (χ0) is 24.5. The second kappa shape index (κ2) is 9.71. The molecule has 4 unspecified atom stereocenters. The smallest absolute Gasteiger partial charge is 0.251 e. The predicted octanol–water partition coefficient (Wildman–Crippen LogP) is 3.55. The molecule has 3 heterocycles. The van der Waals surface area contributed by atoms with Crippen molar-refractivity contribution < 1.29 is 14.3 Å². The quantitative estimate of drug-likeness (QED) is 0.670. The molecule has 35 heavy (non-hydrogen) atoms. The molecular weight excluding hydrogens is 440 g/mol. The van der Waals surface area contributed by atoms with Crippen LogP contribution in [0.2, 0.25) is 0 Å². The van der Waals surface area contributed by atoms with Crippen molar-refractivity contribution >= 4 is 12.1 Å². The highest BCUT2D eigenvalue weighted by atomic mass is 16.5. The monoisotopic (exact) mass is 472 g/mol. The zero-order valence-corrected chi connectivity index (χ0v) is 20.6. The van der Waals surface area contributed by atoms with Crippen LogP contribution in [-0.4, -0.2) is 73.0 Å². The number of aliphatic imine (C=N–C) groups is 1. The number of fused-ring (bicyclic) bond motifs is 1. The van der Waals surface area contributed by atoms with Crippen molar-refractivity contribution in [1.82, 2.24) is 9.80 Å². The van der Waals surface area contributed by atoms with Gasteiger partial charge in [-0.05, 0) is 44.4 Å². The summed E-state index contributed by atoms with van der Waals surface area (Å²) in [5.74, 6) is 1.07. The fourth-order valence-corrected chi connectivity index (χ4v) is 5.74. The van der Waals surface area contributed by atoms with Gasteiger partial charge < -0.3 is 19.3 Å². The molecule has 4 atom stereocenters. The molecule has 0 aromatic heterocycles. The van der Waals surface area contributed by atoms with Crippen LogP contribution in [0.1, 0.15) is 43.7 Å². The van der Waals surface area contributed by atoms with Gasteiger partial charge in [0.2, 0.25) is 0 Å². The summed E-state index contributed by atoms with van der Waals surface area (Å²) in [6.45, 7) is 6.24. The van der Waals surface area contributed by atoms with Crippen LogP contribution < -0.4 is 0 Å². The number of morpholine rings is 1. The minimum Gasteiger partial charge on any atom is -0.494 e. The Labute approximate surface area is 207 Å². The number of piperidine rings is 1. The Morgan fingerprint density at radius 3 is 2.60 bits per heavy atom. The highest BCUT2D eigenvalue weighted by Gasteiger charge is 2.38. The van der Waals surface area contributed by atoms with Crippen molar-refractivity contribution in [3.8, 4) is 6.07 Å². The average Bonchev–Trinajstić information content (AvgIpc) is 2.90. The van der Waals surface area contributed by atoms with E-state index in [0.29, 0.717) is 12.1 Å². The van der Waals surface area contributed by atoms with Crippen LogP contribution in [0.15, 0.2) is 64.5 Å². The summed E-state index contributed by atoms with van der Waals surface area (Å²) in [7, 11) is 1.73. The number of allylic oxidation sites excluding steroid dienone is 3. The number of hydrogen-bond acceptors (Lipinski definition) is 6. The van der Waals surface area contributed by atoms with Crippen molar-refractivity contribution in [1.29, 1.82) is 5.26 Å². The first-order valence-corrected chi connectivity index (χ1v) is 12.4. The Morgan fingerprint density at radius 1 is 1.17 bits per heavy atom. The fourth-order valence-electron chi connectivity index (χ4n) is 5.74. The van der Waals surface area contributed by atoms with Crippen LogP contribution in [0.25, 0.3) is 0 Å². The Morgan fingerprint density at radius 2 is 1.91 bits per heavy atom. The number of likely N-dealkylation sites (tertiary alicyclic amines) is 1. The van der Waals surface area contributed by atoms with Crippen LogP contribution in [0.4, 0.5) is 0 Å². The van der Waals surface area contributed by atoms with Gasteiger partial charge in [-0.15, -0.1) is 0 Å². The number of nitriles is 1. The van der Waals surface area contributed by atoms with Crippen molar-refractivity contribution in [3.05, 3.63) is 70.6 Å². The predicted molar refractivity (Wildman–Crippen MR) is 134 cm³/mol. The first-order valence-electron chi connectivity index (χ1n) is 12.4. The number of carbonyl (C=O) groups is 1. The molecule has 7 heteroatoms. The van der Waals surface area contributed by atoms with E-state index >= 15 is 0 Å². The van der Waals surface area contributed by atoms with Gasteiger partial charge in [-0.3, -0.25) is 9.79 Å². The number of rotatable bonds is 4. The molecule has 1 aliphatic carbocycles. The van der Waals surface area contributed by atoms with Gasteiger partial charge in [0.1, 0.15) is 11.9 Å². The second-order valence-electron chi connectivity index (χ2n) is 9.71. The Bertz CT molecular complexity index is 1140. The van der Waals surface area contributed by atoms with Gasteiger partial charge in [0, 0.05) is 43.4 Å². The number of hydrogen-bond donors (Lipinski definition) is 0. The summed E-state index contributed by atoms with van der Waals surface area (Å²) < 4.78 is 11.7. The fraction of sp³-hybridized carbons (Fsp3) is 0.464. The van der Waals surface area contributed by atoms with E-state index in [1.165, 1.54) is 0 Å². The lowest BCUT2D eigenvalue weighted by molar-refractivity contribution is -0.163. The first-order chi connectivity index (χ1) is 17.0. The third-order valence-electron chi connectivity index (χ3n) is 7.50. The number of methoxy groups -OCH3 is 1. The highest BCUT2D eigenvalue weighted by molar-refractivity contribution is 5.83. The number of dihydropyridines is 1. The summed E-state index contributed by atoms with van der Waals surface area (Å²) in [5.41, 5.74) is 3.88. The summed E-state index contributed by atoms with van der Waals surface area (Å²) in [5, 5.41) is 9.12. The largest absolute Gasteiger partial charge is 0.494 e. The van der Waals surface area contributed by atoms with Gasteiger partial charge in [-0.25, -0.2) is 0 Å². The van der Waals surface area contributed by atoms with E-state index in [4.69, 9.17) is 19.7 Å². The molecule has 2 saturated heterocycles. The lowest BCUT2D eigenvalue weighted by atomic mass is 9.81. The molecule has 5 rings (SSSR count). The van der Waals surface area contributed by atoms with Crippen molar-refractivity contribution in [2.75, 3.05) is 26.7 Å². The standard InChI is InChI=1S/C28H32N4O3/c1-18-17-32(28(33)19(2)35-18)22-11-13-31(14-12-22)25-16-30-26-23(5-4-6-24(26)27(25)34-3)21-9-7-20(15-29)8-10-21/h4-10,16,18-19,22-23,26H,11-14,17H2,1-3H3. The number of ether oxygens (including phenoxy) is 2. The minimum atomic E-state index is -0.364. The van der Waals surface area contributed by atoms with E-state index in [2.05, 4.69) is 29.2 Å². The highest BCUT2D eigenvalue weighted by Crippen LogP contribution is 2.39. The molecule has 0 spiro atoms. The van der Waals surface area contributed by atoms with Gasteiger partial charge in [0.25, 0.3) is 5.91 Å². The van der Waals surface area contributed by atoms with E-state index < -0.39 is 0 Å². The SMILES string of the molecule is COC1=C(N2CCC(N3CC(C)OC(C)C3=O)CC2)C=NC2C1=CC=CC2c1ccc(C#N)cc1. The van der Waals surface area contributed by atoms with E-state index in [-0.39, 0.29) is 36.1 Å². The number of benzene rings is 1. The molecular formula is C28H32N4O3. The summed E-state index contributed by atoms with van der Waals surface area (Å²) in [6, 6.07) is 10.1. The Hall–Kier alpha value is -3.37. The van der Waals surface area contributed by atoms with Crippen LogP contribution in [0.5, 0.6) is 0 Å². The van der Waals surface area contributed by atoms with E-state index in [1.807, 2.05) is 49.2 Å². The summed E-state index contributed by atoms with van der Waals surface area (Å²) >= 11 is 0. The lowest BCUT2D eigenvalue weighted by Crippen LogP contribution is -2.56. The molecule has 182 valence electrons. The Balaban J connectivity index is 1.32. The van der Waals surface area contributed by atoms with Crippen LogP contribution in [-0.2, 0) is 14.3 Å². The van der Waals surface area contributed by atoms with Gasteiger partial charge >= 0.3 is 0 Å². The van der Waals surface area contributed by atoms with E-state index in [1.54, 1.807) is 7.11 Å². The number of carbonyl (C=O) groups excluding carboxylic acids is 1. The topological polar surface area (TPSA) is 78.2 Å². The van der Waals surface area contributed by atoms with Crippen LogP contribution >= 0.6 is 0 Å². The van der Waals surface area contributed by atoms with E-state index in [0.717, 1.165) is 48.5 Å². The third kappa shape index (κ3) is 4.39. The molecule has 2 fully saturated rings. The van der Waals surface area contributed by atoms with Crippen LogP contribution in [0, 0.1) is 11.3 Å². The van der Waals surface area contributed by atoms with Crippen molar-refractivity contribution in [3.63, 3.8) is 0 Å². The first kappa shape index (κ1) is 23.4. The Kier molecular flexibility index (Phi) is 6.48. The molecule has 0 bridgehead atoms. The van der Waals surface area contributed by atoms with Crippen LogP contribution in [0.3, 0.4) is 0 Å². The van der Waals surface area contributed by atoms with Crippen molar-refractivity contribution in [2.24, 2.45) is 4.99 Å². The number of amides is 1. The van der Waals surface area contributed by atoms with Gasteiger partial charge in [0.15, 0.2) is 0 Å². The van der Waals surface area contributed by atoms with Gasteiger partial charge in [-0.1, -0.05) is 30.4 Å². The maximum atomic E-state index is 12.7. The number of nitrogens with zero attached hydrogens (tertiary/aromatic N) is 4. The molecule has 0 saturated carbocycles. The molecule has 0 N–H and O–H groups in total. The van der Waals surface area contributed by atoms with E-state index in [9.17, 15) is 4.79 Å². The normalized spacial score (nSPS) is 29.1. The second-order valence-corrected chi connectivity index (χ2v) is 9.71. The maximum absolute atomic E-state index is 12.7. The molecule has 4 aliphatic rings. The molecule has 1 aromatic rings. The maximum Gasteiger partial charge on any atom is 0.251 e.